The van der Waals surface area contributed by atoms with E-state index in [9.17, 15) is 0 Å². The molecule has 5 nitrogen and oxygen atoms in total. The Kier molecular flexibility index (Phi) is 8.02. The standard InChI is InChI=1S/C15H26N2O3/c1-17(9-10-18-2)8-7-16-12-13-5-6-14(19-3)11-15(13)20-4/h5-6,11,16H,7-10,12H2,1-4H3. The average Bonchev–Trinajstić information content (AvgIpc) is 2.49. The van der Waals surface area contributed by atoms with Gasteiger partial charge >= 0.3 is 0 Å². The lowest BCUT2D eigenvalue weighted by atomic mass is 10.2. The number of likely N-dealkylation sites (N-methyl/N-ethyl adjacent to an activating group) is 1. The Morgan fingerprint density at radius 2 is 1.90 bits per heavy atom. The summed E-state index contributed by atoms with van der Waals surface area (Å²) in [6.07, 6.45) is 0. The number of nitrogens with zero attached hydrogens (tertiary/aromatic N) is 1. The van der Waals surface area contributed by atoms with Crippen molar-refractivity contribution in [2.24, 2.45) is 0 Å². The molecule has 1 N–H and O–H groups in total. The van der Waals surface area contributed by atoms with Crippen molar-refractivity contribution >= 4 is 0 Å². The van der Waals surface area contributed by atoms with E-state index in [4.69, 9.17) is 14.2 Å². The summed E-state index contributed by atoms with van der Waals surface area (Å²) in [5.74, 6) is 1.66. The molecule has 0 aliphatic rings. The molecule has 114 valence electrons. The Labute approximate surface area is 121 Å². The molecule has 0 bridgehead atoms. The van der Waals surface area contributed by atoms with Crippen LogP contribution in [0.5, 0.6) is 11.5 Å². The molecule has 0 heterocycles. The van der Waals surface area contributed by atoms with Crippen LogP contribution < -0.4 is 14.8 Å². The molecule has 0 amide bonds. The number of rotatable bonds is 10. The van der Waals surface area contributed by atoms with Gasteiger partial charge < -0.3 is 24.4 Å². The lowest BCUT2D eigenvalue weighted by Gasteiger charge is -2.16. The molecule has 1 aromatic rings. The maximum absolute atomic E-state index is 5.37. The highest BCUT2D eigenvalue weighted by Gasteiger charge is 2.04. The predicted octanol–water partition coefficient (Wildman–Crippen LogP) is 1.37. The minimum atomic E-state index is 0.767. The van der Waals surface area contributed by atoms with Crippen LogP contribution in [-0.4, -0.2) is 59.5 Å². The van der Waals surface area contributed by atoms with Crippen LogP contribution in [0.3, 0.4) is 0 Å². The highest BCUT2D eigenvalue weighted by Crippen LogP contribution is 2.24. The molecule has 0 spiro atoms. The topological polar surface area (TPSA) is 43.0 Å². The highest BCUT2D eigenvalue weighted by molar-refractivity contribution is 5.40. The first kappa shape index (κ1) is 16.8. The lowest BCUT2D eigenvalue weighted by Crippen LogP contribution is -2.31. The van der Waals surface area contributed by atoms with E-state index in [0.29, 0.717) is 0 Å². The van der Waals surface area contributed by atoms with Gasteiger partial charge in [-0.15, -0.1) is 0 Å². The smallest absolute Gasteiger partial charge is 0.127 e. The number of methoxy groups -OCH3 is 3. The van der Waals surface area contributed by atoms with E-state index in [1.807, 2.05) is 18.2 Å². The fraction of sp³-hybridized carbons (Fsp3) is 0.600. The molecule has 0 radical (unpaired) electrons. The minimum Gasteiger partial charge on any atom is -0.497 e. The number of benzene rings is 1. The van der Waals surface area contributed by atoms with Crippen molar-refractivity contribution in [3.8, 4) is 11.5 Å². The Balaban J connectivity index is 2.34. The van der Waals surface area contributed by atoms with Gasteiger partial charge in [0.15, 0.2) is 0 Å². The molecule has 0 aliphatic heterocycles. The van der Waals surface area contributed by atoms with Crippen molar-refractivity contribution in [3.05, 3.63) is 23.8 Å². The van der Waals surface area contributed by atoms with Crippen molar-refractivity contribution in [1.82, 2.24) is 10.2 Å². The zero-order valence-corrected chi connectivity index (χ0v) is 12.9. The van der Waals surface area contributed by atoms with Gasteiger partial charge in [-0.1, -0.05) is 6.07 Å². The Morgan fingerprint density at radius 1 is 1.10 bits per heavy atom. The summed E-state index contributed by atoms with van der Waals surface area (Å²) in [7, 11) is 7.15. The molecule has 20 heavy (non-hydrogen) atoms. The van der Waals surface area contributed by atoms with Crippen molar-refractivity contribution in [1.29, 1.82) is 0 Å². The van der Waals surface area contributed by atoms with Crippen LogP contribution in [0.1, 0.15) is 5.56 Å². The maximum atomic E-state index is 5.37. The van der Waals surface area contributed by atoms with E-state index in [2.05, 4.69) is 17.3 Å². The number of hydrogen-bond donors (Lipinski definition) is 1. The summed E-state index contributed by atoms with van der Waals surface area (Å²) in [6, 6.07) is 5.88. The summed E-state index contributed by atoms with van der Waals surface area (Å²) >= 11 is 0. The van der Waals surface area contributed by atoms with E-state index in [1.165, 1.54) is 0 Å². The average molecular weight is 282 g/mol. The van der Waals surface area contributed by atoms with Gasteiger partial charge in [-0.2, -0.15) is 0 Å². The Morgan fingerprint density at radius 3 is 2.55 bits per heavy atom. The number of nitrogens with one attached hydrogen (secondary N) is 1. The van der Waals surface area contributed by atoms with Crippen molar-refractivity contribution in [2.75, 3.05) is 54.6 Å². The van der Waals surface area contributed by atoms with E-state index in [-0.39, 0.29) is 0 Å². The fourth-order valence-corrected chi connectivity index (χ4v) is 1.85. The maximum Gasteiger partial charge on any atom is 0.127 e. The number of ether oxygens (including phenoxy) is 3. The molecule has 0 fully saturated rings. The molecule has 0 saturated heterocycles. The van der Waals surface area contributed by atoms with Gasteiger partial charge in [-0.25, -0.2) is 0 Å². The SMILES string of the molecule is COCCN(C)CCNCc1ccc(OC)cc1OC. The lowest BCUT2D eigenvalue weighted by molar-refractivity contribution is 0.161. The van der Waals surface area contributed by atoms with Gasteiger partial charge in [0.2, 0.25) is 0 Å². The van der Waals surface area contributed by atoms with Crippen molar-refractivity contribution < 1.29 is 14.2 Å². The monoisotopic (exact) mass is 282 g/mol. The molecular formula is C15H26N2O3. The van der Waals surface area contributed by atoms with Crippen LogP contribution in [0.25, 0.3) is 0 Å². The Hall–Kier alpha value is -1.30. The summed E-state index contributed by atoms with van der Waals surface area (Å²) in [5, 5.41) is 3.42. The third-order valence-electron chi connectivity index (χ3n) is 3.16. The van der Waals surface area contributed by atoms with Gasteiger partial charge in [-0.05, 0) is 13.1 Å². The summed E-state index contributed by atoms with van der Waals surface area (Å²) in [4.78, 5) is 2.24. The molecule has 1 aromatic carbocycles. The summed E-state index contributed by atoms with van der Waals surface area (Å²) < 4.78 is 15.6. The predicted molar refractivity (Wildman–Crippen MR) is 80.6 cm³/mol. The van der Waals surface area contributed by atoms with Crippen molar-refractivity contribution in [3.63, 3.8) is 0 Å². The summed E-state index contributed by atoms with van der Waals surface area (Å²) in [6.45, 7) is 4.41. The van der Waals surface area contributed by atoms with Crippen LogP contribution in [0.15, 0.2) is 18.2 Å². The molecular weight excluding hydrogens is 256 g/mol. The molecule has 5 heteroatoms. The quantitative estimate of drug-likeness (QED) is 0.657. The van der Waals surface area contributed by atoms with Crippen LogP contribution in [0.2, 0.25) is 0 Å². The van der Waals surface area contributed by atoms with E-state index >= 15 is 0 Å². The van der Waals surface area contributed by atoms with E-state index < -0.39 is 0 Å². The third kappa shape index (κ3) is 5.77. The minimum absolute atomic E-state index is 0.767. The number of hydrogen-bond acceptors (Lipinski definition) is 5. The molecule has 0 saturated carbocycles. The largest absolute Gasteiger partial charge is 0.497 e. The summed E-state index contributed by atoms with van der Waals surface area (Å²) in [5.41, 5.74) is 1.13. The van der Waals surface area contributed by atoms with E-state index in [0.717, 1.165) is 49.8 Å². The normalized spacial score (nSPS) is 10.8. The molecule has 0 aromatic heterocycles. The van der Waals surface area contributed by atoms with Gasteiger partial charge in [-0.3, -0.25) is 0 Å². The van der Waals surface area contributed by atoms with Crippen LogP contribution >= 0.6 is 0 Å². The van der Waals surface area contributed by atoms with Gasteiger partial charge in [0.05, 0.1) is 20.8 Å². The van der Waals surface area contributed by atoms with Gasteiger partial charge in [0.1, 0.15) is 11.5 Å². The highest BCUT2D eigenvalue weighted by atomic mass is 16.5. The second-order valence-corrected chi connectivity index (χ2v) is 4.65. The van der Waals surface area contributed by atoms with E-state index in [1.54, 1.807) is 21.3 Å². The van der Waals surface area contributed by atoms with Gasteiger partial charge in [0.25, 0.3) is 0 Å². The van der Waals surface area contributed by atoms with Crippen LogP contribution in [0, 0.1) is 0 Å². The second-order valence-electron chi connectivity index (χ2n) is 4.65. The van der Waals surface area contributed by atoms with Crippen molar-refractivity contribution in [2.45, 2.75) is 6.54 Å². The third-order valence-corrected chi connectivity index (χ3v) is 3.16. The molecule has 1 rings (SSSR count). The fourth-order valence-electron chi connectivity index (χ4n) is 1.85. The van der Waals surface area contributed by atoms with Crippen LogP contribution in [-0.2, 0) is 11.3 Å². The second kappa shape index (κ2) is 9.58. The first-order chi connectivity index (χ1) is 9.71. The first-order valence-electron chi connectivity index (χ1n) is 6.80. The molecule has 0 unspecified atom stereocenters. The first-order valence-corrected chi connectivity index (χ1v) is 6.80. The molecule has 0 atom stereocenters. The zero-order valence-electron chi connectivity index (χ0n) is 12.9. The molecule has 0 aliphatic carbocycles. The van der Waals surface area contributed by atoms with Gasteiger partial charge in [0, 0.05) is 44.9 Å². The zero-order chi connectivity index (χ0) is 14.8. The van der Waals surface area contributed by atoms with Crippen LogP contribution in [0.4, 0.5) is 0 Å². The Bertz CT molecular complexity index is 385.